The van der Waals surface area contributed by atoms with Crippen molar-refractivity contribution in [1.82, 2.24) is 5.10 Å². The third kappa shape index (κ3) is 2.70. The molecule has 0 amide bonds. The first kappa shape index (κ1) is 12.8. The molecule has 98 valence electrons. The van der Waals surface area contributed by atoms with Crippen LogP contribution in [0.25, 0.3) is 22.7 Å². The average Bonchev–Trinajstić information content (AvgIpc) is 2.48. The topological polar surface area (TPSA) is 37.0 Å². The van der Waals surface area contributed by atoms with Gasteiger partial charge in [-0.3, -0.25) is 0 Å². The summed E-state index contributed by atoms with van der Waals surface area (Å²) in [5.74, 6) is 0.172. The van der Waals surface area contributed by atoms with Crippen LogP contribution < -0.4 is 4.68 Å². The summed E-state index contributed by atoms with van der Waals surface area (Å²) < 4.78 is 2.59. The van der Waals surface area contributed by atoms with Crippen LogP contribution in [0.4, 0.5) is 0 Å². The van der Waals surface area contributed by atoms with E-state index in [1.165, 1.54) is 0 Å². The van der Waals surface area contributed by atoms with Gasteiger partial charge in [0, 0.05) is 15.4 Å². The molecular formula is C16H12BrN2O+. The van der Waals surface area contributed by atoms with Crippen molar-refractivity contribution < 1.29 is 9.79 Å². The summed E-state index contributed by atoms with van der Waals surface area (Å²) in [5.41, 5.74) is 0.746. The van der Waals surface area contributed by atoms with Crippen molar-refractivity contribution in [2.24, 2.45) is 0 Å². The van der Waals surface area contributed by atoms with Crippen LogP contribution in [0.2, 0.25) is 0 Å². The van der Waals surface area contributed by atoms with Gasteiger partial charge >= 0.3 is 0 Å². The Labute approximate surface area is 124 Å². The number of aliphatic hydroxyl groups excluding tert-OH is 1. The third-order valence-electron chi connectivity index (χ3n) is 2.99. The molecule has 3 nitrogen and oxygen atoms in total. The van der Waals surface area contributed by atoms with Gasteiger partial charge in [0.1, 0.15) is 6.20 Å². The lowest BCUT2D eigenvalue weighted by atomic mass is 10.2. The zero-order chi connectivity index (χ0) is 13.9. The van der Waals surface area contributed by atoms with Crippen LogP contribution >= 0.6 is 15.9 Å². The summed E-state index contributed by atoms with van der Waals surface area (Å²) in [6.07, 6.45) is 5.25. The standard InChI is InChI=1S/C16H11BrN2O/c17-15-7-5-12(6-8-15)16(20)11-19-10-14-4-2-1-3-13(14)9-18-19/h1-11H/p+1. The molecule has 0 fully saturated rings. The van der Waals surface area contributed by atoms with Gasteiger partial charge < -0.3 is 5.11 Å². The Kier molecular flexibility index (Phi) is 3.48. The van der Waals surface area contributed by atoms with Crippen molar-refractivity contribution in [1.29, 1.82) is 0 Å². The first-order valence-corrected chi connectivity index (χ1v) is 6.94. The minimum atomic E-state index is 0.172. The smallest absolute Gasteiger partial charge is 0.244 e. The molecular weight excluding hydrogens is 316 g/mol. The molecule has 4 heteroatoms. The molecule has 3 rings (SSSR count). The number of fused-ring (bicyclic) bond motifs is 1. The Bertz CT molecular complexity index is 782. The van der Waals surface area contributed by atoms with Gasteiger partial charge in [-0.15, -0.1) is 0 Å². The number of benzene rings is 2. The van der Waals surface area contributed by atoms with Crippen molar-refractivity contribution in [3.63, 3.8) is 0 Å². The van der Waals surface area contributed by atoms with E-state index in [0.29, 0.717) is 0 Å². The molecule has 0 aliphatic rings. The highest BCUT2D eigenvalue weighted by Crippen LogP contribution is 2.16. The maximum atomic E-state index is 10.1. The fourth-order valence-electron chi connectivity index (χ4n) is 1.94. The summed E-state index contributed by atoms with van der Waals surface area (Å²) in [6.45, 7) is 0. The van der Waals surface area contributed by atoms with E-state index in [2.05, 4.69) is 21.0 Å². The van der Waals surface area contributed by atoms with Crippen molar-refractivity contribution in [2.75, 3.05) is 0 Å². The summed E-state index contributed by atoms with van der Waals surface area (Å²) in [6, 6.07) is 15.4. The summed E-state index contributed by atoms with van der Waals surface area (Å²) in [4.78, 5) is 0. The lowest BCUT2D eigenvalue weighted by Gasteiger charge is -1.98. The normalized spacial score (nSPS) is 11.8. The predicted molar refractivity (Wildman–Crippen MR) is 82.9 cm³/mol. The molecule has 1 heterocycles. The highest BCUT2D eigenvalue weighted by Gasteiger charge is 2.06. The molecule has 0 spiro atoms. The van der Waals surface area contributed by atoms with Crippen molar-refractivity contribution in [2.45, 2.75) is 0 Å². The lowest BCUT2D eigenvalue weighted by Crippen LogP contribution is -2.30. The molecule has 0 aliphatic heterocycles. The number of halogens is 1. The molecule has 0 saturated heterocycles. The fraction of sp³-hybridized carbons (Fsp3) is 0. The van der Waals surface area contributed by atoms with Gasteiger partial charge in [-0.05, 0) is 35.4 Å². The molecule has 3 aromatic rings. The molecule has 0 unspecified atom stereocenters. The SMILES string of the molecule is O/C(=C\[n+]1cc2ccccc2cn1)c1ccc(Br)cc1. The number of aromatic nitrogens is 2. The van der Waals surface area contributed by atoms with Crippen LogP contribution in [-0.2, 0) is 0 Å². The van der Waals surface area contributed by atoms with Crippen LogP contribution in [0, 0.1) is 0 Å². The zero-order valence-corrected chi connectivity index (χ0v) is 12.2. The van der Waals surface area contributed by atoms with Gasteiger partial charge in [0.05, 0.1) is 5.39 Å². The molecule has 0 radical (unpaired) electrons. The van der Waals surface area contributed by atoms with Gasteiger partial charge in [-0.2, -0.15) is 0 Å². The molecule has 1 aromatic heterocycles. The van der Waals surface area contributed by atoms with Gasteiger partial charge in [0.15, 0.2) is 5.76 Å². The molecule has 0 bridgehead atoms. The Morgan fingerprint density at radius 2 is 1.75 bits per heavy atom. The second-order valence-corrected chi connectivity index (χ2v) is 5.32. The minimum Gasteiger partial charge on any atom is -0.502 e. The molecule has 20 heavy (non-hydrogen) atoms. The van der Waals surface area contributed by atoms with Crippen LogP contribution in [0.3, 0.4) is 0 Å². The second kappa shape index (κ2) is 5.43. The van der Waals surface area contributed by atoms with E-state index in [1.54, 1.807) is 17.1 Å². The quantitative estimate of drug-likeness (QED) is 0.574. The van der Waals surface area contributed by atoms with E-state index in [1.807, 2.05) is 54.7 Å². The van der Waals surface area contributed by atoms with Crippen LogP contribution in [-0.4, -0.2) is 10.2 Å². The predicted octanol–water partition coefficient (Wildman–Crippen LogP) is 3.80. The number of rotatable bonds is 2. The Hall–Kier alpha value is -2.20. The van der Waals surface area contributed by atoms with Crippen molar-refractivity contribution >= 4 is 38.7 Å². The van der Waals surface area contributed by atoms with Gasteiger partial charge in [-0.25, -0.2) is 0 Å². The number of hydrogen-bond acceptors (Lipinski definition) is 2. The van der Waals surface area contributed by atoms with Crippen LogP contribution in [0.1, 0.15) is 5.56 Å². The Morgan fingerprint density at radius 1 is 1.05 bits per heavy atom. The van der Waals surface area contributed by atoms with E-state index in [0.717, 1.165) is 20.8 Å². The highest BCUT2D eigenvalue weighted by atomic mass is 79.9. The van der Waals surface area contributed by atoms with Crippen LogP contribution in [0.5, 0.6) is 0 Å². The Morgan fingerprint density at radius 3 is 2.50 bits per heavy atom. The molecule has 0 atom stereocenters. The third-order valence-corrected chi connectivity index (χ3v) is 3.52. The maximum Gasteiger partial charge on any atom is 0.244 e. The van der Waals surface area contributed by atoms with E-state index in [4.69, 9.17) is 0 Å². The monoisotopic (exact) mass is 327 g/mol. The second-order valence-electron chi connectivity index (χ2n) is 4.40. The number of aliphatic hydroxyl groups is 1. The van der Waals surface area contributed by atoms with E-state index in [9.17, 15) is 5.11 Å². The summed E-state index contributed by atoms with van der Waals surface area (Å²) in [7, 11) is 0. The van der Waals surface area contributed by atoms with E-state index < -0.39 is 0 Å². The fourth-order valence-corrected chi connectivity index (χ4v) is 2.21. The molecule has 1 N–H and O–H groups in total. The van der Waals surface area contributed by atoms with Crippen molar-refractivity contribution in [3.8, 4) is 0 Å². The molecule has 0 aliphatic carbocycles. The van der Waals surface area contributed by atoms with Gasteiger partial charge in [0.25, 0.3) is 0 Å². The van der Waals surface area contributed by atoms with Crippen molar-refractivity contribution in [3.05, 3.63) is 71.0 Å². The molecule has 0 saturated carbocycles. The van der Waals surface area contributed by atoms with E-state index >= 15 is 0 Å². The number of hydrogen-bond donors (Lipinski definition) is 1. The van der Waals surface area contributed by atoms with Gasteiger partial charge in [0.2, 0.25) is 12.4 Å². The average molecular weight is 328 g/mol. The van der Waals surface area contributed by atoms with Crippen LogP contribution in [0.15, 0.2) is 65.4 Å². The first-order valence-electron chi connectivity index (χ1n) is 6.15. The largest absolute Gasteiger partial charge is 0.502 e. The zero-order valence-electron chi connectivity index (χ0n) is 10.6. The summed E-state index contributed by atoms with van der Waals surface area (Å²) in [5, 5.41) is 16.5. The summed E-state index contributed by atoms with van der Waals surface area (Å²) >= 11 is 3.37. The number of nitrogens with zero attached hydrogens (tertiary/aromatic N) is 2. The molecule has 2 aromatic carbocycles. The van der Waals surface area contributed by atoms with Gasteiger partial charge in [-0.1, -0.05) is 38.8 Å². The maximum absolute atomic E-state index is 10.1. The Balaban J connectivity index is 1.98. The highest BCUT2D eigenvalue weighted by molar-refractivity contribution is 9.10. The minimum absolute atomic E-state index is 0.172. The van der Waals surface area contributed by atoms with E-state index in [-0.39, 0.29) is 5.76 Å². The lowest BCUT2D eigenvalue weighted by molar-refractivity contribution is -0.632. The first-order chi connectivity index (χ1) is 9.72.